The van der Waals surface area contributed by atoms with Gasteiger partial charge in [-0.15, -0.1) is 0 Å². The number of halogens is 1. The van der Waals surface area contributed by atoms with Crippen LogP contribution in [-0.4, -0.2) is 33.5 Å². The smallest absolute Gasteiger partial charge is 0.167 e. The van der Waals surface area contributed by atoms with Crippen LogP contribution >= 0.6 is 11.6 Å². The number of rotatable bonds is 7. The fraction of sp³-hybridized carbons (Fsp3) is 0.500. The van der Waals surface area contributed by atoms with Gasteiger partial charge in [-0.2, -0.15) is 0 Å². The fourth-order valence-corrected chi connectivity index (χ4v) is 3.86. The van der Waals surface area contributed by atoms with E-state index in [-0.39, 0.29) is 51.7 Å². The third-order valence-corrected chi connectivity index (χ3v) is 6.18. The van der Waals surface area contributed by atoms with Crippen molar-refractivity contribution in [1.29, 1.82) is 0 Å². The van der Waals surface area contributed by atoms with Crippen LogP contribution in [0.25, 0.3) is 0 Å². The van der Waals surface area contributed by atoms with Gasteiger partial charge in [-0.3, -0.25) is 9.59 Å². The zero-order chi connectivity index (χ0) is 22.8. The molecule has 1 saturated heterocycles. The molecule has 1 heterocycles. The minimum atomic E-state index is -0.715. The van der Waals surface area contributed by atoms with Crippen molar-refractivity contribution in [3.63, 3.8) is 0 Å². The standard InChI is InChI=1S/C24H31ClO5/c1-13(8-7-9-14(2)18-12-19(27)24(5,6)30-18)10-11-17-22(28)20(16(4)26)15(3)21(25)23(17)29/h9-10,18,28-29H,7-8,11-12H2,1-6H3/b13-10+,14-9+. The third-order valence-electron chi connectivity index (χ3n) is 5.72. The Morgan fingerprint density at radius 1 is 1.20 bits per heavy atom. The van der Waals surface area contributed by atoms with Gasteiger partial charge < -0.3 is 14.9 Å². The molecule has 30 heavy (non-hydrogen) atoms. The van der Waals surface area contributed by atoms with E-state index in [0.29, 0.717) is 12.0 Å². The Morgan fingerprint density at radius 3 is 2.37 bits per heavy atom. The van der Waals surface area contributed by atoms with Crippen molar-refractivity contribution < 1.29 is 24.5 Å². The van der Waals surface area contributed by atoms with Crippen LogP contribution in [0.15, 0.2) is 23.3 Å². The van der Waals surface area contributed by atoms with E-state index in [4.69, 9.17) is 16.3 Å². The van der Waals surface area contributed by atoms with Crippen molar-refractivity contribution in [3.05, 3.63) is 45.0 Å². The summed E-state index contributed by atoms with van der Waals surface area (Å²) in [5.74, 6) is -0.586. The summed E-state index contributed by atoms with van der Waals surface area (Å²) in [6.07, 6.45) is 6.08. The molecule has 0 spiro atoms. The molecule has 5 nitrogen and oxygen atoms in total. The average Bonchev–Trinajstić information content (AvgIpc) is 2.92. The quantitative estimate of drug-likeness (QED) is 0.430. The lowest BCUT2D eigenvalue weighted by Crippen LogP contribution is -2.27. The molecule has 164 valence electrons. The highest BCUT2D eigenvalue weighted by atomic mass is 35.5. The first-order valence-electron chi connectivity index (χ1n) is 10.1. The van der Waals surface area contributed by atoms with Crippen molar-refractivity contribution in [2.45, 2.75) is 78.9 Å². The molecule has 2 N–H and O–H groups in total. The summed E-state index contributed by atoms with van der Waals surface area (Å²) in [6.45, 7) is 10.5. The van der Waals surface area contributed by atoms with Gasteiger partial charge in [0.25, 0.3) is 0 Å². The topological polar surface area (TPSA) is 83.8 Å². The number of ketones is 2. The molecular formula is C24H31ClO5. The Bertz CT molecular complexity index is 924. The van der Waals surface area contributed by atoms with Gasteiger partial charge in [-0.05, 0) is 71.9 Å². The van der Waals surface area contributed by atoms with Gasteiger partial charge >= 0.3 is 0 Å². The number of carbonyl (C=O) groups excluding carboxylic acids is 2. The number of phenols is 2. The summed E-state index contributed by atoms with van der Waals surface area (Å²) in [5, 5.41) is 20.9. The molecule has 1 aliphatic heterocycles. The third kappa shape index (κ3) is 5.13. The van der Waals surface area contributed by atoms with Crippen molar-refractivity contribution in [1.82, 2.24) is 0 Å². The van der Waals surface area contributed by atoms with Gasteiger partial charge in [0.05, 0.1) is 16.7 Å². The maximum absolute atomic E-state index is 11.9. The highest BCUT2D eigenvalue weighted by molar-refractivity contribution is 6.33. The minimum absolute atomic E-state index is 0.0895. The summed E-state index contributed by atoms with van der Waals surface area (Å²) in [7, 11) is 0. The predicted octanol–water partition coefficient (Wildman–Crippen LogP) is 5.61. The fourth-order valence-electron chi connectivity index (χ4n) is 3.65. The summed E-state index contributed by atoms with van der Waals surface area (Å²) in [4.78, 5) is 23.8. The number of allylic oxidation sites excluding steroid dienone is 3. The van der Waals surface area contributed by atoms with E-state index in [1.54, 1.807) is 20.8 Å². The molecule has 1 aliphatic rings. The van der Waals surface area contributed by atoms with Crippen molar-refractivity contribution in [2.75, 3.05) is 0 Å². The second-order valence-electron chi connectivity index (χ2n) is 8.53. The minimum Gasteiger partial charge on any atom is -0.507 e. The van der Waals surface area contributed by atoms with Crippen molar-refractivity contribution >= 4 is 23.2 Å². The molecule has 6 heteroatoms. The first-order valence-corrected chi connectivity index (χ1v) is 10.5. The first kappa shape index (κ1) is 24.2. The van der Waals surface area contributed by atoms with Gasteiger partial charge in [0.15, 0.2) is 11.6 Å². The van der Waals surface area contributed by atoms with Crippen LogP contribution in [0.2, 0.25) is 5.02 Å². The number of hydrogen-bond acceptors (Lipinski definition) is 5. The van der Waals surface area contributed by atoms with E-state index in [2.05, 4.69) is 6.08 Å². The molecule has 1 aromatic carbocycles. The summed E-state index contributed by atoms with van der Waals surface area (Å²) in [6, 6.07) is 0. The Hall–Kier alpha value is -2.11. The number of carbonyl (C=O) groups is 2. The van der Waals surface area contributed by atoms with Gasteiger partial charge in [0, 0.05) is 12.0 Å². The number of Topliss-reactive ketones (excluding diaryl/α,β-unsaturated/α-hetero) is 2. The molecular weight excluding hydrogens is 404 g/mol. The van der Waals surface area contributed by atoms with Crippen LogP contribution in [0, 0.1) is 6.92 Å². The molecule has 0 amide bonds. The monoisotopic (exact) mass is 434 g/mol. The summed E-state index contributed by atoms with van der Waals surface area (Å²) >= 11 is 6.15. The first-order chi connectivity index (χ1) is 13.9. The number of hydrogen-bond donors (Lipinski definition) is 2. The second kappa shape index (κ2) is 9.36. The lowest BCUT2D eigenvalue weighted by atomic mass is 9.96. The van der Waals surface area contributed by atoms with Crippen LogP contribution in [0.4, 0.5) is 0 Å². The van der Waals surface area contributed by atoms with Crippen LogP contribution < -0.4 is 0 Å². The SMILES string of the molecule is CC(=O)c1c(C)c(Cl)c(O)c(C/C=C(\C)CC/C=C(\C)C2CC(=O)C(C)(C)O2)c1O. The average molecular weight is 435 g/mol. The van der Waals surface area contributed by atoms with E-state index in [0.717, 1.165) is 24.0 Å². The van der Waals surface area contributed by atoms with Gasteiger partial charge in [-0.25, -0.2) is 0 Å². The molecule has 2 rings (SSSR count). The van der Waals surface area contributed by atoms with E-state index in [1.165, 1.54) is 6.92 Å². The number of ether oxygens (including phenoxy) is 1. The number of phenolic OH excluding ortho intramolecular Hbond substituents is 2. The number of benzene rings is 1. The van der Waals surface area contributed by atoms with E-state index >= 15 is 0 Å². The van der Waals surface area contributed by atoms with E-state index in [1.807, 2.05) is 19.9 Å². The zero-order valence-electron chi connectivity index (χ0n) is 18.6. The molecule has 1 aromatic rings. The summed E-state index contributed by atoms with van der Waals surface area (Å²) < 4.78 is 5.84. The van der Waals surface area contributed by atoms with Gasteiger partial charge in [0.2, 0.25) is 0 Å². The van der Waals surface area contributed by atoms with E-state index in [9.17, 15) is 19.8 Å². The Labute approximate surface area is 183 Å². The van der Waals surface area contributed by atoms with Crippen LogP contribution in [0.3, 0.4) is 0 Å². The van der Waals surface area contributed by atoms with Gasteiger partial charge in [-0.1, -0.05) is 29.3 Å². The zero-order valence-corrected chi connectivity index (χ0v) is 19.3. The van der Waals surface area contributed by atoms with Crippen LogP contribution in [0.1, 0.15) is 75.4 Å². The molecule has 1 atom stereocenters. The highest BCUT2D eigenvalue weighted by Gasteiger charge is 2.40. The highest BCUT2D eigenvalue weighted by Crippen LogP contribution is 2.41. The van der Waals surface area contributed by atoms with Crippen molar-refractivity contribution in [2.24, 2.45) is 0 Å². The van der Waals surface area contributed by atoms with E-state index < -0.39 is 5.60 Å². The van der Waals surface area contributed by atoms with Crippen LogP contribution in [0.5, 0.6) is 11.5 Å². The Kier molecular flexibility index (Phi) is 7.54. The molecule has 0 bridgehead atoms. The predicted molar refractivity (Wildman–Crippen MR) is 119 cm³/mol. The molecule has 0 radical (unpaired) electrons. The number of aromatic hydroxyl groups is 2. The molecule has 1 fully saturated rings. The molecule has 1 unspecified atom stereocenters. The van der Waals surface area contributed by atoms with Crippen LogP contribution in [-0.2, 0) is 16.0 Å². The largest absolute Gasteiger partial charge is 0.507 e. The van der Waals surface area contributed by atoms with Crippen molar-refractivity contribution in [3.8, 4) is 11.5 Å². The molecule has 0 aromatic heterocycles. The second-order valence-corrected chi connectivity index (χ2v) is 8.91. The maximum Gasteiger partial charge on any atom is 0.167 e. The lowest BCUT2D eigenvalue weighted by Gasteiger charge is -2.18. The van der Waals surface area contributed by atoms with Gasteiger partial charge in [0.1, 0.15) is 17.1 Å². The maximum atomic E-state index is 11.9. The summed E-state index contributed by atoms with van der Waals surface area (Å²) in [5.41, 5.74) is 2.18. The molecule has 0 saturated carbocycles. The lowest BCUT2D eigenvalue weighted by molar-refractivity contribution is -0.129. The normalized spacial score (nSPS) is 19.4. The Morgan fingerprint density at radius 2 is 1.83 bits per heavy atom. The molecule has 0 aliphatic carbocycles. The Balaban J connectivity index is 2.06.